The summed E-state index contributed by atoms with van der Waals surface area (Å²) in [6.07, 6.45) is 1.67. The summed E-state index contributed by atoms with van der Waals surface area (Å²) in [4.78, 5) is 17.2. The van der Waals surface area contributed by atoms with Gasteiger partial charge in [0, 0.05) is 19.1 Å². The van der Waals surface area contributed by atoms with Crippen LogP contribution in [-0.4, -0.2) is 49.0 Å². The van der Waals surface area contributed by atoms with Gasteiger partial charge in [-0.1, -0.05) is 29.4 Å². The van der Waals surface area contributed by atoms with Gasteiger partial charge in [0.15, 0.2) is 14.6 Å². The Labute approximate surface area is 152 Å². The maximum atomic E-state index is 12.2. The van der Waals surface area contributed by atoms with Gasteiger partial charge in [0.1, 0.15) is 6.10 Å². The highest BCUT2D eigenvalue weighted by Crippen LogP contribution is 2.29. The number of sulfone groups is 1. The van der Waals surface area contributed by atoms with Gasteiger partial charge < -0.3 is 4.84 Å². The molecule has 0 saturated heterocycles. The summed E-state index contributed by atoms with van der Waals surface area (Å²) in [5.74, 6) is -1.01. The van der Waals surface area contributed by atoms with Crippen molar-refractivity contribution in [2.24, 2.45) is 5.16 Å². The minimum Gasteiger partial charge on any atom is -0.392 e. The molecular formula is C17H23FN2O5S. The quantitative estimate of drug-likeness (QED) is 0.523. The number of carbonyl (C=O) groups excluding carboxylic acids is 1. The van der Waals surface area contributed by atoms with Crippen molar-refractivity contribution in [3.8, 4) is 0 Å². The standard InChI is InChI=1S/C17H23FN2O5S/c1-17(16(21)19-22,26(2,23)24)11-14-10-15(20-25-14)13-7-5-12(6-8-13)4-3-9-18/h5-8,14,22H,3-4,9-11H2,1-2H3,(H,19,21). The molecule has 2 rings (SSSR count). The summed E-state index contributed by atoms with van der Waals surface area (Å²) in [7, 11) is -3.79. The molecule has 0 fully saturated rings. The van der Waals surface area contributed by atoms with E-state index >= 15 is 0 Å². The van der Waals surface area contributed by atoms with Gasteiger partial charge in [-0.15, -0.1) is 0 Å². The summed E-state index contributed by atoms with van der Waals surface area (Å²) >= 11 is 0. The lowest BCUT2D eigenvalue weighted by atomic mass is 9.96. The Morgan fingerprint density at radius 2 is 2.08 bits per heavy atom. The van der Waals surface area contributed by atoms with Gasteiger partial charge in [-0.2, -0.15) is 0 Å². The first-order valence-corrected chi connectivity index (χ1v) is 10.1. The number of hydrogen-bond donors (Lipinski definition) is 2. The van der Waals surface area contributed by atoms with E-state index in [1.165, 1.54) is 12.4 Å². The Hall–Kier alpha value is -2.00. The number of halogens is 1. The van der Waals surface area contributed by atoms with Crippen molar-refractivity contribution in [2.45, 2.75) is 43.5 Å². The highest BCUT2D eigenvalue weighted by atomic mass is 32.2. The molecule has 0 aliphatic carbocycles. The van der Waals surface area contributed by atoms with Gasteiger partial charge in [-0.3, -0.25) is 14.4 Å². The molecule has 0 saturated carbocycles. The van der Waals surface area contributed by atoms with Gasteiger partial charge in [-0.25, -0.2) is 13.9 Å². The molecule has 26 heavy (non-hydrogen) atoms. The largest absolute Gasteiger partial charge is 0.392 e. The van der Waals surface area contributed by atoms with Crippen molar-refractivity contribution in [1.82, 2.24) is 5.48 Å². The first-order chi connectivity index (χ1) is 12.2. The number of rotatable bonds is 8. The number of hydrogen-bond acceptors (Lipinski definition) is 6. The normalized spacial score (nSPS) is 19.4. The highest BCUT2D eigenvalue weighted by molar-refractivity contribution is 7.92. The van der Waals surface area contributed by atoms with Crippen molar-refractivity contribution in [2.75, 3.05) is 12.9 Å². The van der Waals surface area contributed by atoms with Crippen molar-refractivity contribution in [3.63, 3.8) is 0 Å². The zero-order valence-corrected chi connectivity index (χ0v) is 15.6. The Morgan fingerprint density at radius 3 is 2.62 bits per heavy atom. The molecular weight excluding hydrogens is 363 g/mol. The minimum absolute atomic E-state index is 0.139. The maximum Gasteiger partial charge on any atom is 0.264 e. The smallest absolute Gasteiger partial charge is 0.264 e. The van der Waals surface area contributed by atoms with Gasteiger partial charge >= 0.3 is 0 Å². The fourth-order valence-electron chi connectivity index (χ4n) is 2.81. The number of benzene rings is 1. The number of carbonyl (C=O) groups is 1. The van der Waals surface area contributed by atoms with Crippen LogP contribution >= 0.6 is 0 Å². The Morgan fingerprint density at radius 1 is 1.42 bits per heavy atom. The van der Waals surface area contributed by atoms with Gasteiger partial charge in [-0.05, 0) is 30.9 Å². The summed E-state index contributed by atoms with van der Waals surface area (Å²) < 4.78 is 34.5. The van der Waals surface area contributed by atoms with Crippen LogP contribution in [0.2, 0.25) is 0 Å². The molecule has 0 bridgehead atoms. The van der Waals surface area contributed by atoms with E-state index in [0.717, 1.165) is 17.4 Å². The molecule has 0 aromatic heterocycles. The van der Waals surface area contributed by atoms with Crippen LogP contribution < -0.4 is 5.48 Å². The predicted octanol–water partition coefficient (Wildman–Crippen LogP) is 1.78. The molecule has 2 N–H and O–H groups in total. The number of nitrogens with one attached hydrogen (secondary N) is 1. The highest BCUT2D eigenvalue weighted by Gasteiger charge is 2.47. The fraction of sp³-hybridized carbons (Fsp3) is 0.529. The lowest BCUT2D eigenvalue weighted by Crippen LogP contribution is -2.51. The first kappa shape index (κ1) is 20.3. The first-order valence-electron chi connectivity index (χ1n) is 8.23. The van der Waals surface area contributed by atoms with Crippen molar-refractivity contribution < 1.29 is 27.6 Å². The minimum atomic E-state index is -3.79. The maximum absolute atomic E-state index is 12.2. The van der Waals surface area contributed by atoms with E-state index in [0.29, 0.717) is 25.0 Å². The van der Waals surface area contributed by atoms with Crippen molar-refractivity contribution in [3.05, 3.63) is 35.4 Å². The molecule has 1 aromatic carbocycles. The third-order valence-corrected chi connectivity index (χ3v) is 6.63. The summed E-state index contributed by atoms with van der Waals surface area (Å²) in [5.41, 5.74) is 3.90. The van der Waals surface area contributed by atoms with Crippen molar-refractivity contribution >= 4 is 21.5 Å². The molecule has 2 unspecified atom stereocenters. The van der Waals surface area contributed by atoms with Gasteiger partial charge in [0.25, 0.3) is 5.91 Å². The molecule has 7 nitrogen and oxygen atoms in total. The average molecular weight is 386 g/mol. The van der Waals surface area contributed by atoms with Crippen LogP contribution in [0, 0.1) is 0 Å². The van der Waals surface area contributed by atoms with E-state index < -0.39 is 26.6 Å². The average Bonchev–Trinajstić information content (AvgIpc) is 3.06. The van der Waals surface area contributed by atoms with Crippen LogP contribution in [0.5, 0.6) is 0 Å². The molecule has 1 aliphatic rings. The third kappa shape index (κ3) is 4.39. The number of nitrogens with zero attached hydrogens (tertiary/aromatic N) is 1. The molecule has 0 spiro atoms. The summed E-state index contributed by atoms with van der Waals surface area (Å²) in [5, 5.41) is 12.9. The van der Waals surface area contributed by atoms with E-state index in [2.05, 4.69) is 5.16 Å². The summed E-state index contributed by atoms with van der Waals surface area (Å²) in [6.45, 7) is 0.888. The van der Waals surface area contributed by atoms with Crippen LogP contribution in [0.25, 0.3) is 0 Å². The Balaban J connectivity index is 2.06. The zero-order chi connectivity index (χ0) is 19.4. The fourth-order valence-corrected chi connectivity index (χ4v) is 3.68. The third-order valence-electron chi connectivity index (χ3n) is 4.64. The Bertz CT molecular complexity index is 779. The molecule has 1 aromatic rings. The second-order valence-electron chi connectivity index (χ2n) is 6.61. The van der Waals surface area contributed by atoms with E-state index in [9.17, 15) is 17.6 Å². The number of alkyl halides is 1. The van der Waals surface area contributed by atoms with Crippen LogP contribution in [0.1, 0.15) is 37.3 Å². The number of hydroxylamine groups is 1. The van der Waals surface area contributed by atoms with Gasteiger partial charge in [0.05, 0.1) is 12.4 Å². The van der Waals surface area contributed by atoms with Crippen LogP contribution in [0.15, 0.2) is 29.4 Å². The molecule has 1 amide bonds. The molecule has 2 atom stereocenters. The van der Waals surface area contributed by atoms with Crippen LogP contribution in [0.3, 0.4) is 0 Å². The van der Waals surface area contributed by atoms with E-state index in [1.54, 1.807) is 0 Å². The zero-order valence-electron chi connectivity index (χ0n) is 14.7. The molecule has 0 radical (unpaired) electrons. The number of amides is 1. The molecule has 1 heterocycles. The lowest BCUT2D eigenvalue weighted by molar-refractivity contribution is -0.132. The van der Waals surface area contributed by atoms with Crippen molar-refractivity contribution in [1.29, 1.82) is 0 Å². The van der Waals surface area contributed by atoms with Crippen LogP contribution in [-0.2, 0) is 25.9 Å². The lowest BCUT2D eigenvalue weighted by Gasteiger charge is -2.26. The van der Waals surface area contributed by atoms with E-state index in [1.807, 2.05) is 24.3 Å². The topological polar surface area (TPSA) is 105 Å². The van der Waals surface area contributed by atoms with Gasteiger partial charge in [0.2, 0.25) is 0 Å². The monoisotopic (exact) mass is 386 g/mol. The second-order valence-corrected chi connectivity index (χ2v) is 9.05. The van der Waals surface area contributed by atoms with Crippen LogP contribution in [0.4, 0.5) is 4.39 Å². The number of aryl methyl sites for hydroxylation is 1. The van der Waals surface area contributed by atoms with E-state index in [-0.39, 0.29) is 13.1 Å². The Kier molecular flexibility index (Phi) is 6.35. The van der Waals surface area contributed by atoms with E-state index in [4.69, 9.17) is 10.0 Å². The summed E-state index contributed by atoms with van der Waals surface area (Å²) in [6, 6.07) is 7.49. The molecule has 144 valence electrons. The predicted molar refractivity (Wildman–Crippen MR) is 94.6 cm³/mol. The number of oxime groups is 1. The molecule has 1 aliphatic heterocycles. The molecule has 9 heteroatoms. The second kappa shape index (κ2) is 8.13. The SMILES string of the molecule is CC(CC1CC(c2ccc(CCCF)cc2)=NO1)(C(=O)NO)S(C)(=O)=O.